The van der Waals surface area contributed by atoms with Crippen LogP contribution in [-0.2, 0) is 14.4 Å². The predicted molar refractivity (Wildman–Crippen MR) is 67.3 cm³/mol. The summed E-state index contributed by atoms with van der Waals surface area (Å²) in [4.78, 5) is 31.4. The van der Waals surface area contributed by atoms with Gasteiger partial charge < -0.3 is 31.1 Å². The topological polar surface area (TPSA) is 185 Å². The van der Waals surface area contributed by atoms with Crippen molar-refractivity contribution in [3.63, 3.8) is 0 Å². The molecule has 20 heavy (non-hydrogen) atoms. The van der Waals surface area contributed by atoms with Gasteiger partial charge >= 0.3 is 17.9 Å². The molecular weight excluding hydrogens is 274 g/mol. The van der Waals surface area contributed by atoms with Crippen LogP contribution in [0.25, 0.3) is 0 Å². The predicted octanol–water partition coefficient (Wildman–Crippen LogP) is -1.42. The molecule has 0 aliphatic carbocycles. The minimum Gasteiger partial charge on any atom is -0.481 e. The second-order valence-electron chi connectivity index (χ2n) is 3.90. The first kappa shape index (κ1) is 20.0. The monoisotopic (exact) mass is 293 g/mol. The van der Waals surface area contributed by atoms with Crippen LogP contribution >= 0.6 is 0 Å². The van der Waals surface area contributed by atoms with Crippen LogP contribution in [0.15, 0.2) is 0 Å². The van der Waals surface area contributed by atoms with Crippen molar-refractivity contribution in [1.82, 2.24) is 4.90 Å². The van der Waals surface area contributed by atoms with Gasteiger partial charge in [-0.1, -0.05) is 6.92 Å². The van der Waals surface area contributed by atoms with Crippen LogP contribution in [0, 0.1) is 5.41 Å². The van der Waals surface area contributed by atoms with Gasteiger partial charge in [0, 0.05) is 7.05 Å². The van der Waals surface area contributed by atoms with Gasteiger partial charge in [-0.15, -0.1) is 0 Å². The van der Waals surface area contributed by atoms with E-state index in [1.54, 1.807) is 0 Å². The molecule has 0 aliphatic rings. The van der Waals surface area contributed by atoms with Crippen molar-refractivity contribution in [3.05, 3.63) is 0 Å². The van der Waals surface area contributed by atoms with E-state index in [4.69, 9.17) is 31.6 Å². The Bertz CT molecular complexity index is 385. The molecule has 1 unspecified atom stereocenters. The van der Waals surface area contributed by atoms with Gasteiger partial charge in [0.2, 0.25) is 0 Å². The van der Waals surface area contributed by atoms with E-state index in [0.717, 1.165) is 4.90 Å². The standard InChI is InChI=1S/C6H10O5.C4H9N3O2/c1-2-6(11,5(9)10)3-4(7)8;1-7(4(5)6)2-3(8)9/h11H,2-3H2,1H3,(H,7,8)(H,9,10);2H2,1H3,(H3,5,6)(H,8,9). The van der Waals surface area contributed by atoms with Gasteiger partial charge in [-0.3, -0.25) is 15.0 Å². The normalized spacial score (nSPS) is 12.3. The number of nitrogens with two attached hydrogens (primary N) is 1. The second-order valence-corrected chi connectivity index (χ2v) is 3.90. The average Bonchev–Trinajstić information content (AvgIpc) is 2.27. The third kappa shape index (κ3) is 8.69. The lowest BCUT2D eigenvalue weighted by molar-refractivity contribution is -0.165. The summed E-state index contributed by atoms with van der Waals surface area (Å²) in [5, 5.41) is 40.5. The van der Waals surface area contributed by atoms with Crippen molar-refractivity contribution in [2.75, 3.05) is 13.6 Å². The van der Waals surface area contributed by atoms with Crippen LogP contribution in [0.2, 0.25) is 0 Å². The van der Waals surface area contributed by atoms with Crippen molar-refractivity contribution >= 4 is 23.9 Å². The number of aliphatic carboxylic acids is 3. The number of nitrogens with one attached hydrogen (secondary N) is 1. The lowest BCUT2D eigenvalue weighted by Crippen LogP contribution is -2.39. The molecule has 0 saturated carbocycles. The first-order valence-corrected chi connectivity index (χ1v) is 5.40. The van der Waals surface area contributed by atoms with Crippen LogP contribution < -0.4 is 5.73 Å². The summed E-state index contributed by atoms with van der Waals surface area (Å²) in [6.45, 7) is 1.19. The lowest BCUT2D eigenvalue weighted by atomic mass is 9.97. The summed E-state index contributed by atoms with van der Waals surface area (Å²) >= 11 is 0. The third-order valence-corrected chi connectivity index (χ3v) is 2.21. The fourth-order valence-corrected chi connectivity index (χ4v) is 0.890. The number of guanidine groups is 1. The first-order chi connectivity index (χ1) is 8.96. The number of aliphatic hydroxyl groups is 1. The Morgan fingerprint density at radius 2 is 1.65 bits per heavy atom. The number of nitrogens with zero attached hydrogens (tertiary/aromatic N) is 1. The van der Waals surface area contributed by atoms with E-state index < -0.39 is 29.9 Å². The molecule has 0 rings (SSSR count). The average molecular weight is 293 g/mol. The Balaban J connectivity index is 0. The molecule has 0 heterocycles. The molecular formula is C10H19N3O7. The molecule has 0 spiro atoms. The summed E-state index contributed by atoms with van der Waals surface area (Å²) in [7, 11) is 1.44. The van der Waals surface area contributed by atoms with E-state index in [1.165, 1.54) is 14.0 Å². The van der Waals surface area contributed by atoms with E-state index in [1.807, 2.05) is 0 Å². The summed E-state index contributed by atoms with van der Waals surface area (Å²) in [6.07, 6.45) is -0.881. The van der Waals surface area contributed by atoms with Crippen LogP contribution in [0.3, 0.4) is 0 Å². The zero-order chi connectivity index (χ0) is 16.5. The lowest BCUT2D eigenvalue weighted by Gasteiger charge is -2.18. The molecule has 0 aromatic carbocycles. The number of rotatable bonds is 6. The number of hydrogen-bond donors (Lipinski definition) is 6. The van der Waals surface area contributed by atoms with Gasteiger partial charge in [0.05, 0.1) is 6.42 Å². The molecule has 0 aliphatic heterocycles. The molecule has 0 radical (unpaired) electrons. The minimum atomic E-state index is -2.12. The zero-order valence-corrected chi connectivity index (χ0v) is 11.2. The fraction of sp³-hybridized carbons (Fsp3) is 0.600. The highest BCUT2D eigenvalue weighted by molar-refractivity contribution is 5.83. The Hall–Kier alpha value is -2.36. The largest absolute Gasteiger partial charge is 0.481 e. The Labute approximate surface area is 114 Å². The Morgan fingerprint density at radius 3 is 1.75 bits per heavy atom. The SMILES string of the molecule is CCC(O)(CC(=O)O)C(=O)O.CN(CC(=O)O)C(=N)N. The molecule has 1 atom stereocenters. The number of carboxylic acids is 3. The quantitative estimate of drug-likeness (QED) is 0.252. The van der Waals surface area contributed by atoms with Crippen LogP contribution in [0.5, 0.6) is 0 Å². The van der Waals surface area contributed by atoms with Crippen molar-refractivity contribution in [1.29, 1.82) is 5.41 Å². The van der Waals surface area contributed by atoms with Crippen molar-refractivity contribution in [2.45, 2.75) is 25.4 Å². The van der Waals surface area contributed by atoms with E-state index in [0.29, 0.717) is 0 Å². The minimum absolute atomic E-state index is 0.116. The molecule has 0 amide bonds. The molecule has 0 fully saturated rings. The van der Waals surface area contributed by atoms with E-state index in [2.05, 4.69) is 0 Å². The highest BCUT2D eigenvalue weighted by Gasteiger charge is 2.36. The summed E-state index contributed by atoms with van der Waals surface area (Å²) in [6, 6.07) is 0. The van der Waals surface area contributed by atoms with E-state index >= 15 is 0 Å². The van der Waals surface area contributed by atoms with Crippen LogP contribution in [-0.4, -0.2) is 68.4 Å². The maximum Gasteiger partial charge on any atom is 0.336 e. The van der Waals surface area contributed by atoms with Gasteiger partial charge in [-0.05, 0) is 6.42 Å². The summed E-state index contributed by atoms with van der Waals surface area (Å²) in [5.74, 6) is -4.05. The molecule has 7 N–H and O–H groups in total. The third-order valence-electron chi connectivity index (χ3n) is 2.21. The van der Waals surface area contributed by atoms with Gasteiger partial charge in [-0.25, -0.2) is 4.79 Å². The second kappa shape index (κ2) is 8.69. The van der Waals surface area contributed by atoms with E-state index in [-0.39, 0.29) is 18.9 Å². The van der Waals surface area contributed by atoms with Gasteiger partial charge in [0.15, 0.2) is 11.6 Å². The van der Waals surface area contributed by atoms with Crippen LogP contribution in [0.1, 0.15) is 19.8 Å². The number of likely N-dealkylation sites (N-methyl/N-ethyl adjacent to an activating group) is 1. The number of carbonyl (C=O) groups is 3. The molecule has 0 aromatic heterocycles. The molecule has 0 bridgehead atoms. The molecule has 116 valence electrons. The highest BCUT2D eigenvalue weighted by atomic mass is 16.4. The number of carboxylic acid groups (broad SMARTS) is 3. The van der Waals surface area contributed by atoms with E-state index in [9.17, 15) is 14.4 Å². The van der Waals surface area contributed by atoms with Crippen LogP contribution in [0.4, 0.5) is 0 Å². The van der Waals surface area contributed by atoms with Gasteiger partial charge in [0.25, 0.3) is 0 Å². The summed E-state index contributed by atoms with van der Waals surface area (Å²) in [5.41, 5.74) is 2.81. The fourth-order valence-electron chi connectivity index (χ4n) is 0.890. The Kier molecular flexibility index (Phi) is 8.68. The maximum atomic E-state index is 10.3. The zero-order valence-electron chi connectivity index (χ0n) is 11.2. The van der Waals surface area contributed by atoms with Gasteiger partial charge in [-0.2, -0.15) is 0 Å². The number of hydrogen-bond acceptors (Lipinski definition) is 5. The molecule has 10 nitrogen and oxygen atoms in total. The molecule has 0 aromatic rings. The maximum absolute atomic E-state index is 10.3. The smallest absolute Gasteiger partial charge is 0.336 e. The highest BCUT2D eigenvalue weighted by Crippen LogP contribution is 2.14. The van der Waals surface area contributed by atoms with Gasteiger partial charge in [0.1, 0.15) is 6.54 Å². The summed E-state index contributed by atoms with van der Waals surface area (Å²) < 4.78 is 0. The van der Waals surface area contributed by atoms with Crippen molar-refractivity contribution in [2.24, 2.45) is 5.73 Å². The molecule has 0 saturated heterocycles. The molecule has 10 heteroatoms. The Morgan fingerprint density at radius 1 is 1.20 bits per heavy atom. The first-order valence-electron chi connectivity index (χ1n) is 5.40. The van der Waals surface area contributed by atoms with Crippen molar-refractivity contribution < 1.29 is 34.8 Å². The van der Waals surface area contributed by atoms with Crippen molar-refractivity contribution in [3.8, 4) is 0 Å².